The summed E-state index contributed by atoms with van der Waals surface area (Å²) in [4.78, 5) is 10.9. The average molecular weight is 194 g/mol. The quantitative estimate of drug-likeness (QED) is 0.473. The van der Waals surface area contributed by atoms with Crippen molar-refractivity contribution in [3.63, 3.8) is 0 Å². The largest absolute Gasteiger partial charge is 0.458 e. The Labute approximate surface area is 85.3 Å². The number of ether oxygens (including phenoxy) is 1. The number of rotatable bonds is 1. The van der Waals surface area contributed by atoms with E-state index in [1.54, 1.807) is 0 Å². The molecule has 0 aromatic heterocycles. The Morgan fingerprint density at radius 1 is 1.50 bits per heavy atom. The second kappa shape index (κ2) is 2.85. The van der Waals surface area contributed by atoms with Crippen molar-refractivity contribution < 1.29 is 9.53 Å². The minimum absolute atomic E-state index is 0.00993. The van der Waals surface area contributed by atoms with Crippen LogP contribution in [0.25, 0.3) is 0 Å². The number of hydrogen-bond donors (Lipinski definition) is 0. The van der Waals surface area contributed by atoms with E-state index in [9.17, 15) is 4.79 Å². The van der Waals surface area contributed by atoms with Crippen LogP contribution in [0.1, 0.15) is 33.6 Å². The van der Waals surface area contributed by atoms with E-state index in [4.69, 9.17) is 4.74 Å². The Bertz CT molecular complexity index is 291. The van der Waals surface area contributed by atoms with Gasteiger partial charge in [-0.3, -0.25) is 4.79 Å². The average Bonchev–Trinajstić information content (AvgIpc) is 2.06. The maximum Gasteiger partial charge on any atom is 0.303 e. The lowest BCUT2D eigenvalue weighted by Crippen LogP contribution is -2.54. The summed E-state index contributed by atoms with van der Waals surface area (Å²) in [6, 6.07) is 0. The molecule has 0 aromatic carbocycles. The highest BCUT2D eigenvalue weighted by Gasteiger charge is 2.55. The van der Waals surface area contributed by atoms with Gasteiger partial charge in [0.1, 0.15) is 6.10 Å². The first-order valence-electron chi connectivity index (χ1n) is 5.29. The molecule has 2 nitrogen and oxygen atoms in total. The maximum atomic E-state index is 10.9. The van der Waals surface area contributed by atoms with Crippen LogP contribution in [0.15, 0.2) is 12.2 Å². The van der Waals surface area contributed by atoms with Crippen molar-refractivity contribution in [2.24, 2.45) is 17.3 Å². The third kappa shape index (κ3) is 1.20. The minimum Gasteiger partial charge on any atom is -0.458 e. The molecule has 0 radical (unpaired) electrons. The summed E-state index contributed by atoms with van der Waals surface area (Å²) in [5.41, 5.74) is 1.51. The molecule has 0 saturated heterocycles. The third-order valence-electron chi connectivity index (χ3n) is 4.14. The summed E-state index contributed by atoms with van der Waals surface area (Å²) >= 11 is 0. The van der Waals surface area contributed by atoms with Crippen molar-refractivity contribution >= 4 is 5.97 Å². The van der Waals surface area contributed by atoms with E-state index in [-0.39, 0.29) is 12.1 Å². The van der Waals surface area contributed by atoms with Crippen LogP contribution in [-0.4, -0.2) is 12.1 Å². The Morgan fingerprint density at radius 2 is 2.14 bits per heavy atom. The van der Waals surface area contributed by atoms with Crippen LogP contribution in [0.4, 0.5) is 0 Å². The van der Waals surface area contributed by atoms with Crippen molar-refractivity contribution in [1.29, 1.82) is 0 Å². The summed E-state index contributed by atoms with van der Waals surface area (Å²) in [5.74, 6) is 1.09. The number of hydrogen-bond acceptors (Lipinski definition) is 2. The monoisotopic (exact) mass is 194 g/mol. The second-order valence-electron chi connectivity index (χ2n) is 5.22. The Balaban J connectivity index is 2.08. The summed E-state index contributed by atoms with van der Waals surface area (Å²) in [6.07, 6.45) is 2.20. The van der Waals surface area contributed by atoms with Crippen LogP contribution in [0, 0.1) is 17.3 Å². The predicted octanol–water partition coefficient (Wildman–Crippen LogP) is 2.54. The van der Waals surface area contributed by atoms with Crippen molar-refractivity contribution in [2.45, 2.75) is 39.7 Å². The molecule has 3 saturated carbocycles. The van der Waals surface area contributed by atoms with Gasteiger partial charge in [0.25, 0.3) is 0 Å². The van der Waals surface area contributed by atoms with Gasteiger partial charge >= 0.3 is 5.97 Å². The molecule has 0 amide bonds. The normalized spacial score (nSPS) is 38.8. The zero-order chi connectivity index (χ0) is 10.5. The molecule has 2 bridgehead atoms. The topological polar surface area (TPSA) is 26.3 Å². The Kier molecular flexibility index (Phi) is 1.98. The highest BCUT2D eigenvalue weighted by atomic mass is 16.5. The molecular formula is C12H18O2. The third-order valence-corrected chi connectivity index (χ3v) is 4.14. The minimum atomic E-state index is -0.185. The molecule has 0 aliphatic heterocycles. The van der Waals surface area contributed by atoms with Gasteiger partial charge in [-0.25, -0.2) is 0 Å². The van der Waals surface area contributed by atoms with Gasteiger partial charge in [0.2, 0.25) is 0 Å². The van der Waals surface area contributed by atoms with E-state index in [0.29, 0.717) is 17.3 Å². The predicted molar refractivity (Wildman–Crippen MR) is 54.7 cm³/mol. The fourth-order valence-electron chi connectivity index (χ4n) is 3.00. The SMILES string of the molecule is C=C1C(OC(C)=O)C[C@@H]2C[C@H]1C2(C)C. The maximum absolute atomic E-state index is 10.9. The number of carbonyl (C=O) groups is 1. The molecule has 1 unspecified atom stereocenters. The zero-order valence-corrected chi connectivity index (χ0v) is 9.17. The lowest BCUT2D eigenvalue weighted by Gasteiger charge is -2.59. The van der Waals surface area contributed by atoms with Gasteiger partial charge < -0.3 is 4.74 Å². The molecule has 14 heavy (non-hydrogen) atoms. The zero-order valence-electron chi connectivity index (χ0n) is 9.17. The number of fused-ring (bicyclic) bond motifs is 2. The summed E-state index contributed by atoms with van der Waals surface area (Å²) < 4.78 is 5.26. The lowest BCUT2D eigenvalue weighted by atomic mass is 9.47. The van der Waals surface area contributed by atoms with Crippen molar-refractivity contribution in [1.82, 2.24) is 0 Å². The van der Waals surface area contributed by atoms with Gasteiger partial charge in [-0.05, 0) is 35.7 Å². The number of esters is 1. The summed E-state index contributed by atoms with van der Waals surface area (Å²) in [7, 11) is 0. The van der Waals surface area contributed by atoms with Crippen LogP contribution in [0.2, 0.25) is 0 Å². The Hall–Kier alpha value is -0.790. The van der Waals surface area contributed by atoms with Gasteiger partial charge in [-0.15, -0.1) is 0 Å². The standard InChI is InChI=1S/C12H18O2/c1-7-10-5-9(12(10,3)4)6-11(7)14-8(2)13/h9-11H,1,5-6H2,2-4H3/t9-,10+,11?/m0/s1. The molecule has 3 aliphatic rings. The molecule has 3 aliphatic carbocycles. The number of carbonyl (C=O) groups excluding carboxylic acids is 1. The van der Waals surface area contributed by atoms with Crippen LogP contribution >= 0.6 is 0 Å². The van der Waals surface area contributed by atoms with E-state index < -0.39 is 0 Å². The van der Waals surface area contributed by atoms with E-state index in [1.807, 2.05) is 0 Å². The van der Waals surface area contributed by atoms with Gasteiger partial charge in [0, 0.05) is 6.92 Å². The molecule has 0 N–H and O–H groups in total. The fraction of sp³-hybridized carbons (Fsp3) is 0.750. The van der Waals surface area contributed by atoms with Gasteiger partial charge in [-0.2, -0.15) is 0 Å². The van der Waals surface area contributed by atoms with E-state index in [2.05, 4.69) is 20.4 Å². The lowest BCUT2D eigenvalue weighted by molar-refractivity contribution is -0.153. The van der Waals surface area contributed by atoms with Gasteiger partial charge in [0.15, 0.2) is 0 Å². The molecule has 0 heterocycles. The molecular weight excluding hydrogens is 176 g/mol. The molecule has 3 fully saturated rings. The molecule has 2 heteroatoms. The second-order valence-corrected chi connectivity index (χ2v) is 5.22. The first kappa shape index (κ1) is 9.75. The van der Waals surface area contributed by atoms with Gasteiger partial charge in [0.05, 0.1) is 0 Å². The van der Waals surface area contributed by atoms with Crippen LogP contribution in [0.5, 0.6) is 0 Å². The van der Waals surface area contributed by atoms with Crippen molar-refractivity contribution in [3.05, 3.63) is 12.2 Å². The summed E-state index contributed by atoms with van der Waals surface area (Å²) in [5, 5.41) is 0. The first-order chi connectivity index (χ1) is 6.43. The van der Waals surface area contributed by atoms with Crippen molar-refractivity contribution in [2.75, 3.05) is 0 Å². The molecule has 78 valence electrons. The van der Waals surface area contributed by atoms with Crippen LogP contribution < -0.4 is 0 Å². The van der Waals surface area contributed by atoms with Crippen LogP contribution in [-0.2, 0) is 9.53 Å². The smallest absolute Gasteiger partial charge is 0.303 e. The molecule has 3 rings (SSSR count). The highest BCUT2D eigenvalue weighted by Crippen LogP contribution is 2.61. The Morgan fingerprint density at radius 3 is 2.57 bits per heavy atom. The van der Waals surface area contributed by atoms with Crippen LogP contribution in [0.3, 0.4) is 0 Å². The van der Waals surface area contributed by atoms with Gasteiger partial charge in [-0.1, -0.05) is 20.4 Å². The first-order valence-corrected chi connectivity index (χ1v) is 5.29. The van der Waals surface area contributed by atoms with Crippen molar-refractivity contribution in [3.8, 4) is 0 Å². The molecule has 3 atom stereocenters. The molecule has 0 aromatic rings. The summed E-state index contributed by atoms with van der Waals surface area (Å²) in [6.45, 7) is 10.1. The van der Waals surface area contributed by atoms with E-state index in [0.717, 1.165) is 12.0 Å². The highest BCUT2D eigenvalue weighted by molar-refractivity contribution is 5.66. The molecule has 0 spiro atoms. The van der Waals surface area contributed by atoms with E-state index >= 15 is 0 Å². The fourth-order valence-corrected chi connectivity index (χ4v) is 3.00. The van der Waals surface area contributed by atoms with E-state index in [1.165, 1.54) is 13.3 Å².